The van der Waals surface area contributed by atoms with Crippen LogP contribution in [0.15, 0.2) is 36.4 Å². The molecule has 0 fully saturated rings. The van der Waals surface area contributed by atoms with E-state index >= 15 is 0 Å². The van der Waals surface area contributed by atoms with Gasteiger partial charge in [0, 0.05) is 18.6 Å². The number of hydrogen-bond acceptors (Lipinski definition) is 3. The van der Waals surface area contributed by atoms with E-state index in [-0.39, 0.29) is 12.5 Å². The molecule has 0 aliphatic carbocycles. The normalized spacial score (nSPS) is 10.2. The zero-order chi connectivity index (χ0) is 13.8. The molecule has 2 aromatic rings. The van der Waals surface area contributed by atoms with Gasteiger partial charge in [-0.3, -0.25) is 9.59 Å². The van der Waals surface area contributed by atoms with Crippen molar-refractivity contribution in [2.45, 2.75) is 13.5 Å². The fourth-order valence-corrected chi connectivity index (χ4v) is 1.70. The number of anilines is 1. The maximum absolute atomic E-state index is 11.1. The Hall–Kier alpha value is -2.63. The lowest BCUT2D eigenvalue weighted by atomic mass is 10.2. The zero-order valence-electron chi connectivity index (χ0n) is 10.3. The van der Waals surface area contributed by atoms with E-state index in [0.717, 1.165) is 5.56 Å². The number of rotatable bonds is 4. The molecule has 0 saturated heterocycles. The maximum Gasteiger partial charge on any atom is 0.325 e. The van der Waals surface area contributed by atoms with E-state index in [4.69, 9.17) is 5.11 Å². The van der Waals surface area contributed by atoms with Gasteiger partial charge in [-0.15, -0.1) is 0 Å². The molecule has 0 bridgehead atoms. The van der Waals surface area contributed by atoms with Gasteiger partial charge in [-0.05, 0) is 0 Å². The molecule has 1 amide bonds. The van der Waals surface area contributed by atoms with Crippen LogP contribution in [-0.2, 0) is 16.1 Å². The number of aromatic nitrogens is 2. The molecule has 0 spiro atoms. The summed E-state index contributed by atoms with van der Waals surface area (Å²) < 4.78 is 1.26. The number of benzene rings is 1. The van der Waals surface area contributed by atoms with E-state index in [1.165, 1.54) is 11.6 Å². The Balaban J connectivity index is 2.39. The van der Waals surface area contributed by atoms with Crippen molar-refractivity contribution >= 4 is 17.7 Å². The van der Waals surface area contributed by atoms with Crippen molar-refractivity contribution in [3.63, 3.8) is 0 Å². The van der Waals surface area contributed by atoms with Crippen molar-refractivity contribution in [2.24, 2.45) is 0 Å². The maximum atomic E-state index is 11.1. The van der Waals surface area contributed by atoms with Gasteiger partial charge < -0.3 is 10.4 Å². The summed E-state index contributed by atoms with van der Waals surface area (Å²) in [5.41, 5.74) is 1.48. The summed E-state index contributed by atoms with van der Waals surface area (Å²) >= 11 is 0. The lowest BCUT2D eigenvalue weighted by Gasteiger charge is -2.03. The quantitative estimate of drug-likeness (QED) is 0.873. The van der Waals surface area contributed by atoms with Crippen LogP contribution in [-0.4, -0.2) is 26.8 Å². The SMILES string of the molecule is CC(=O)Nc1cc(-c2ccccc2)nn1CC(=O)O. The number of carboxylic acids is 1. The summed E-state index contributed by atoms with van der Waals surface area (Å²) in [4.78, 5) is 21.9. The van der Waals surface area contributed by atoms with Crippen LogP contribution in [0.25, 0.3) is 11.3 Å². The third kappa shape index (κ3) is 3.19. The number of hydrogen-bond donors (Lipinski definition) is 2. The standard InChI is InChI=1S/C13H13N3O3/c1-9(17)14-12-7-11(10-5-3-2-4-6-10)15-16(12)8-13(18)19/h2-7H,8H2,1H3,(H,14,17)(H,18,19). The second-order valence-corrected chi connectivity index (χ2v) is 4.01. The highest BCUT2D eigenvalue weighted by Gasteiger charge is 2.12. The van der Waals surface area contributed by atoms with Gasteiger partial charge in [0.1, 0.15) is 12.4 Å². The lowest BCUT2D eigenvalue weighted by Crippen LogP contribution is -2.16. The first-order valence-corrected chi connectivity index (χ1v) is 5.69. The number of carboxylic acid groups (broad SMARTS) is 1. The smallest absolute Gasteiger partial charge is 0.325 e. The molecule has 6 nitrogen and oxygen atoms in total. The topological polar surface area (TPSA) is 84.2 Å². The first-order valence-electron chi connectivity index (χ1n) is 5.69. The van der Waals surface area contributed by atoms with Crippen LogP contribution in [0, 0.1) is 0 Å². The number of aliphatic carboxylic acids is 1. The molecule has 0 atom stereocenters. The Morgan fingerprint density at radius 2 is 2.00 bits per heavy atom. The van der Waals surface area contributed by atoms with Crippen LogP contribution in [0.2, 0.25) is 0 Å². The van der Waals surface area contributed by atoms with Gasteiger partial charge in [-0.1, -0.05) is 30.3 Å². The van der Waals surface area contributed by atoms with E-state index in [0.29, 0.717) is 11.5 Å². The number of carbonyl (C=O) groups is 2. The van der Waals surface area contributed by atoms with Crippen molar-refractivity contribution in [2.75, 3.05) is 5.32 Å². The number of carbonyl (C=O) groups excluding carboxylic acids is 1. The Kier molecular flexibility index (Phi) is 3.61. The predicted molar refractivity (Wildman–Crippen MR) is 69.6 cm³/mol. The summed E-state index contributed by atoms with van der Waals surface area (Å²) in [6.45, 7) is 1.06. The van der Waals surface area contributed by atoms with Crippen LogP contribution in [0.5, 0.6) is 0 Å². The first kappa shape index (κ1) is 12.8. The minimum atomic E-state index is -1.02. The fourth-order valence-electron chi connectivity index (χ4n) is 1.70. The second-order valence-electron chi connectivity index (χ2n) is 4.01. The number of nitrogens with one attached hydrogen (secondary N) is 1. The summed E-state index contributed by atoms with van der Waals surface area (Å²) in [6.07, 6.45) is 0. The van der Waals surface area contributed by atoms with E-state index in [1.54, 1.807) is 6.07 Å². The van der Waals surface area contributed by atoms with E-state index in [1.807, 2.05) is 30.3 Å². The van der Waals surface area contributed by atoms with E-state index in [9.17, 15) is 9.59 Å². The van der Waals surface area contributed by atoms with Gasteiger partial charge in [0.2, 0.25) is 5.91 Å². The first-order chi connectivity index (χ1) is 9.06. The molecule has 0 saturated carbocycles. The molecule has 98 valence electrons. The Labute approximate surface area is 109 Å². The molecule has 0 unspecified atom stereocenters. The van der Waals surface area contributed by atoms with Gasteiger partial charge in [-0.2, -0.15) is 5.10 Å². The summed E-state index contributed by atoms with van der Waals surface area (Å²) in [5.74, 6) is -0.922. The predicted octanol–water partition coefficient (Wildman–Crippen LogP) is 1.59. The van der Waals surface area contributed by atoms with Crippen molar-refractivity contribution in [1.29, 1.82) is 0 Å². The van der Waals surface area contributed by atoms with E-state index in [2.05, 4.69) is 10.4 Å². The Morgan fingerprint density at radius 3 is 2.58 bits per heavy atom. The number of nitrogens with zero attached hydrogens (tertiary/aromatic N) is 2. The van der Waals surface area contributed by atoms with Crippen LogP contribution in [0.3, 0.4) is 0 Å². The molecule has 0 aliphatic rings. The third-order valence-electron chi connectivity index (χ3n) is 2.44. The Morgan fingerprint density at radius 1 is 1.32 bits per heavy atom. The van der Waals surface area contributed by atoms with Crippen LogP contribution >= 0.6 is 0 Å². The molecule has 0 aliphatic heterocycles. The molecular formula is C13H13N3O3. The van der Waals surface area contributed by atoms with Crippen molar-refractivity contribution in [3.05, 3.63) is 36.4 Å². The average molecular weight is 259 g/mol. The second kappa shape index (κ2) is 5.34. The van der Waals surface area contributed by atoms with Gasteiger partial charge in [0.25, 0.3) is 0 Å². The Bertz CT molecular complexity index is 571. The monoisotopic (exact) mass is 259 g/mol. The zero-order valence-corrected chi connectivity index (χ0v) is 10.3. The van der Waals surface area contributed by atoms with Gasteiger partial charge in [-0.25, -0.2) is 4.68 Å². The summed E-state index contributed by atoms with van der Waals surface area (Å²) in [7, 11) is 0. The molecule has 6 heteroatoms. The highest BCUT2D eigenvalue weighted by molar-refractivity contribution is 5.88. The van der Waals surface area contributed by atoms with Crippen LogP contribution in [0.4, 0.5) is 5.82 Å². The minimum absolute atomic E-state index is 0.272. The molecule has 1 heterocycles. The molecule has 1 aromatic carbocycles. The number of amides is 1. The molecule has 0 radical (unpaired) electrons. The van der Waals surface area contributed by atoms with Gasteiger partial charge in [0.15, 0.2) is 0 Å². The van der Waals surface area contributed by atoms with Gasteiger partial charge >= 0.3 is 5.97 Å². The van der Waals surface area contributed by atoms with Crippen molar-refractivity contribution in [1.82, 2.24) is 9.78 Å². The van der Waals surface area contributed by atoms with E-state index < -0.39 is 5.97 Å². The molecule has 1 aromatic heterocycles. The molecular weight excluding hydrogens is 246 g/mol. The molecule has 2 N–H and O–H groups in total. The fraction of sp³-hybridized carbons (Fsp3) is 0.154. The average Bonchev–Trinajstić information content (AvgIpc) is 2.72. The van der Waals surface area contributed by atoms with Crippen LogP contribution < -0.4 is 5.32 Å². The van der Waals surface area contributed by atoms with Crippen molar-refractivity contribution < 1.29 is 14.7 Å². The molecule has 2 rings (SSSR count). The van der Waals surface area contributed by atoms with Crippen molar-refractivity contribution in [3.8, 4) is 11.3 Å². The van der Waals surface area contributed by atoms with Gasteiger partial charge in [0.05, 0.1) is 5.69 Å². The third-order valence-corrected chi connectivity index (χ3v) is 2.44. The summed E-state index contributed by atoms with van der Waals surface area (Å²) in [6, 6.07) is 11.0. The lowest BCUT2D eigenvalue weighted by molar-refractivity contribution is -0.137. The molecule has 19 heavy (non-hydrogen) atoms. The summed E-state index contributed by atoms with van der Waals surface area (Å²) in [5, 5.41) is 15.6. The highest BCUT2D eigenvalue weighted by Crippen LogP contribution is 2.21. The highest BCUT2D eigenvalue weighted by atomic mass is 16.4. The minimum Gasteiger partial charge on any atom is -0.480 e. The largest absolute Gasteiger partial charge is 0.480 e. The van der Waals surface area contributed by atoms with Crippen LogP contribution in [0.1, 0.15) is 6.92 Å².